The van der Waals surface area contributed by atoms with E-state index in [2.05, 4.69) is 25.6 Å². The molecule has 8 heteroatoms. The van der Waals surface area contributed by atoms with Gasteiger partial charge in [0.05, 0.1) is 4.90 Å². The Morgan fingerprint density at radius 2 is 2.05 bits per heavy atom. The Hall–Kier alpha value is -1.51. The van der Waals surface area contributed by atoms with Crippen LogP contribution in [0.2, 0.25) is 0 Å². The second kappa shape index (κ2) is 6.08. The first-order chi connectivity index (χ1) is 9.79. The number of nitrogens with zero attached hydrogens (tertiary/aromatic N) is 1. The number of aromatic nitrogens is 1. The molecule has 5 nitrogen and oxygen atoms in total. The van der Waals surface area contributed by atoms with E-state index in [1.807, 2.05) is 0 Å². The minimum absolute atomic E-state index is 0.159. The molecule has 1 aromatic carbocycles. The number of benzene rings is 1. The number of nitrogens with one attached hydrogen (secondary N) is 1. The van der Waals surface area contributed by atoms with Crippen LogP contribution in [0, 0.1) is 6.92 Å². The van der Waals surface area contributed by atoms with Crippen LogP contribution in [0.3, 0.4) is 0 Å². The number of anilines is 1. The number of hydrogen-bond acceptors (Lipinski definition) is 4. The Balaban J connectivity index is 2.35. The molecule has 1 aromatic heterocycles. The Morgan fingerprint density at radius 1 is 1.33 bits per heavy atom. The molecule has 2 aromatic rings. The van der Waals surface area contributed by atoms with Crippen LogP contribution in [-0.2, 0) is 10.0 Å². The number of sulfonamides is 1. The van der Waals surface area contributed by atoms with E-state index < -0.39 is 10.0 Å². The molecule has 0 saturated carbocycles. The van der Waals surface area contributed by atoms with Gasteiger partial charge in [0, 0.05) is 16.2 Å². The maximum absolute atomic E-state index is 12.4. The molecule has 0 aliphatic carbocycles. The molecule has 2 rings (SSSR count). The standard InChI is InChI=1S/C13H12BrN3O2S2/c1-8-6-9(13(15)20)2-4-11(8)21(18,19)17-12-5-3-10(14)7-16-12/h2-7H,1H3,(H2,15,20)(H,16,17). The number of rotatable bonds is 4. The third kappa shape index (κ3) is 3.78. The van der Waals surface area contributed by atoms with Crippen molar-refractivity contribution < 1.29 is 8.42 Å². The minimum Gasteiger partial charge on any atom is -0.389 e. The van der Waals surface area contributed by atoms with E-state index in [0.29, 0.717) is 11.1 Å². The summed E-state index contributed by atoms with van der Waals surface area (Å²) in [7, 11) is -3.71. The Morgan fingerprint density at radius 3 is 2.57 bits per heavy atom. The first-order valence-electron chi connectivity index (χ1n) is 5.84. The van der Waals surface area contributed by atoms with Gasteiger partial charge in [0.15, 0.2) is 0 Å². The molecule has 0 aliphatic rings. The van der Waals surface area contributed by atoms with Gasteiger partial charge in [-0.1, -0.05) is 18.3 Å². The van der Waals surface area contributed by atoms with Gasteiger partial charge in [-0.15, -0.1) is 0 Å². The van der Waals surface area contributed by atoms with Crippen LogP contribution in [0.5, 0.6) is 0 Å². The lowest BCUT2D eigenvalue weighted by Crippen LogP contribution is -2.16. The van der Waals surface area contributed by atoms with Gasteiger partial charge in [0.2, 0.25) is 0 Å². The topological polar surface area (TPSA) is 85.1 Å². The zero-order valence-corrected chi connectivity index (χ0v) is 14.2. The molecule has 0 bridgehead atoms. The van der Waals surface area contributed by atoms with Gasteiger partial charge < -0.3 is 5.73 Å². The smallest absolute Gasteiger partial charge is 0.263 e. The predicted molar refractivity (Wildman–Crippen MR) is 89.8 cm³/mol. The van der Waals surface area contributed by atoms with Gasteiger partial charge in [0.1, 0.15) is 10.8 Å². The maximum Gasteiger partial charge on any atom is 0.263 e. The monoisotopic (exact) mass is 385 g/mol. The third-order valence-corrected chi connectivity index (χ3v) is 4.94. The molecule has 0 unspecified atom stereocenters. The SMILES string of the molecule is Cc1cc(C(N)=S)ccc1S(=O)(=O)Nc1ccc(Br)cn1. The highest BCUT2D eigenvalue weighted by atomic mass is 79.9. The molecule has 0 saturated heterocycles. The van der Waals surface area contributed by atoms with Crippen molar-refractivity contribution in [3.63, 3.8) is 0 Å². The summed E-state index contributed by atoms with van der Waals surface area (Å²) in [5.41, 5.74) is 6.72. The van der Waals surface area contributed by atoms with Crippen molar-refractivity contribution in [2.24, 2.45) is 5.73 Å². The fraction of sp³-hybridized carbons (Fsp3) is 0.0769. The van der Waals surface area contributed by atoms with Crippen molar-refractivity contribution in [1.29, 1.82) is 0 Å². The minimum atomic E-state index is -3.71. The van der Waals surface area contributed by atoms with Gasteiger partial charge in [0.25, 0.3) is 10.0 Å². The van der Waals surface area contributed by atoms with Crippen LogP contribution in [0.25, 0.3) is 0 Å². The molecule has 3 N–H and O–H groups in total. The summed E-state index contributed by atoms with van der Waals surface area (Å²) in [6.45, 7) is 1.69. The molecule has 0 fully saturated rings. The largest absolute Gasteiger partial charge is 0.389 e. The number of nitrogens with two attached hydrogens (primary N) is 1. The van der Waals surface area contributed by atoms with Gasteiger partial charge in [-0.3, -0.25) is 4.72 Å². The van der Waals surface area contributed by atoms with E-state index in [1.165, 1.54) is 12.3 Å². The zero-order chi connectivity index (χ0) is 15.6. The summed E-state index contributed by atoms with van der Waals surface area (Å²) in [5, 5.41) is 0. The average Bonchev–Trinajstić information content (AvgIpc) is 2.40. The zero-order valence-electron chi connectivity index (χ0n) is 11.0. The third-order valence-electron chi connectivity index (χ3n) is 2.72. The van der Waals surface area contributed by atoms with Gasteiger partial charge in [-0.25, -0.2) is 13.4 Å². The van der Waals surface area contributed by atoms with E-state index in [-0.39, 0.29) is 15.7 Å². The summed E-state index contributed by atoms with van der Waals surface area (Å²) in [6, 6.07) is 7.98. The van der Waals surface area contributed by atoms with E-state index in [1.54, 1.807) is 31.2 Å². The Bertz CT molecular complexity index is 790. The highest BCUT2D eigenvalue weighted by Gasteiger charge is 2.18. The lowest BCUT2D eigenvalue weighted by molar-refractivity contribution is 0.600. The lowest BCUT2D eigenvalue weighted by atomic mass is 10.1. The second-order valence-electron chi connectivity index (χ2n) is 4.31. The molecule has 21 heavy (non-hydrogen) atoms. The summed E-state index contributed by atoms with van der Waals surface area (Å²) < 4.78 is 27.9. The van der Waals surface area contributed by atoms with Crippen LogP contribution in [0.4, 0.5) is 5.82 Å². The normalized spacial score (nSPS) is 11.1. The lowest BCUT2D eigenvalue weighted by Gasteiger charge is -2.11. The molecular weight excluding hydrogens is 374 g/mol. The fourth-order valence-electron chi connectivity index (χ4n) is 1.73. The van der Waals surface area contributed by atoms with E-state index in [4.69, 9.17) is 18.0 Å². The van der Waals surface area contributed by atoms with Crippen molar-refractivity contribution in [3.05, 3.63) is 52.1 Å². The fourth-order valence-corrected chi connectivity index (χ4v) is 3.33. The van der Waals surface area contributed by atoms with Crippen LogP contribution in [-0.4, -0.2) is 18.4 Å². The van der Waals surface area contributed by atoms with Crippen LogP contribution < -0.4 is 10.5 Å². The Kier molecular flexibility index (Phi) is 4.60. The van der Waals surface area contributed by atoms with Gasteiger partial charge in [-0.2, -0.15) is 0 Å². The summed E-state index contributed by atoms with van der Waals surface area (Å²) in [5.74, 6) is 0.246. The highest BCUT2D eigenvalue weighted by Crippen LogP contribution is 2.20. The molecule has 1 heterocycles. The molecule has 0 atom stereocenters. The van der Waals surface area contributed by atoms with E-state index >= 15 is 0 Å². The van der Waals surface area contributed by atoms with E-state index in [9.17, 15) is 8.42 Å². The summed E-state index contributed by atoms with van der Waals surface area (Å²) in [4.78, 5) is 4.37. The van der Waals surface area contributed by atoms with Crippen molar-refractivity contribution in [2.75, 3.05) is 4.72 Å². The molecule has 0 radical (unpaired) electrons. The summed E-state index contributed by atoms with van der Waals surface area (Å²) in [6.07, 6.45) is 1.51. The molecule has 0 spiro atoms. The molecular formula is C13H12BrN3O2S2. The average molecular weight is 386 g/mol. The van der Waals surface area contributed by atoms with Crippen molar-refractivity contribution >= 4 is 49.0 Å². The van der Waals surface area contributed by atoms with Crippen molar-refractivity contribution in [2.45, 2.75) is 11.8 Å². The Labute approximate surface area is 136 Å². The number of hydrogen-bond donors (Lipinski definition) is 2. The number of aryl methyl sites for hydroxylation is 1. The van der Waals surface area contributed by atoms with Crippen molar-refractivity contribution in [3.8, 4) is 0 Å². The number of halogens is 1. The summed E-state index contributed by atoms with van der Waals surface area (Å²) >= 11 is 8.11. The van der Waals surface area contributed by atoms with Crippen LogP contribution in [0.1, 0.15) is 11.1 Å². The van der Waals surface area contributed by atoms with Crippen molar-refractivity contribution in [1.82, 2.24) is 4.98 Å². The van der Waals surface area contributed by atoms with Gasteiger partial charge >= 0.3 is 0 Å². The second-order valence-corrected chi connectivity index (χ2v) is 7.32. The van der Waals surface area contributed by atoms with Crippen LogP contribution >= 0.6 is 28.1 Å². The molecule has 0 aliphatic heterocycles. The number of pyridine rings is 1. The molecule has 0 amide bonds. The van der Waals surface area contributed by atoms with E-state index in [0.717, 1.165) is 4.47 Å². The predicted octanol–water partition coefficient (Wildman–Crippen LogP) is 2.59. The molecule has 110 valence electrons. The highest BCUT2D eigenvalue weighted by molar-refractivity contribution is 9.10. The number of thiocarbonyl (C=S) groups is 1. The first-order valence-corrected chi connectivity index (χ1v) is 8.53. The quantitative estimate of drug-likeness (QED) is 0.789. The van der Waals surface area contributed by atoms with Gasteiger partial charge in [-0.05, 0) is 52.7 Å². The maximum atomic E-state index is 12.4. The van der Waals surface area contributed by atoms with Crippen LogP contribution in [0.15, 0.2) is 45.9 Å². The first kappa shape index (κ1) is 15.9.